The van der Waals surface area contributed by atoms with Crippen LogP contribution in [-0.4, -0.2) is 17.0 Å². The van der Waals surface area contributed by atoms with Crippen molar-refractivity contribution in [1.82, 2.24) is 4.90 Å². The van der Waals surface area contributed by atoms with Gasteiger partial charge in [0.2, 0.25) is 0 Å². The van der Waals surface area contributed by atoms with Crippen LogP contribution in [0.5, 0.6) is 0 Å². The molecule has 1 heteroatoms. The van der Waals surface area contributed by atoms with E-state index in [-0.39, 0.29) is 0 Å². The first-order chi connectivity index (χ1) is 7.92. The second kappa shape index (κ2) is 4.06. The molecule has 1 aliphatic heterocycles. The van der Waals surface area contributed by atoms with Gasteiger partial charge in [-0.2, -0.15) is 0 Å². The second-order valence-electron chi connectivity index (χ2n) is 4.96. The summed E-state index contributed by atoms with van der Waals surface area (Å²) < 4.78 is 0. The lowest BCUT2D eigenvalue weighted by Gasteiger charge is -2.15. The fourth-order valence-electron chi connectivity index (χ4n) is 3.24. The maximum atomic E-state index is 4.01. The van der Waals surface area contributed by atoms with Crippen LogP contribution < -0.4 is 0 Å². The topological polar surface area (TPSA) is 3.01 Å². The average Bonchev–Trinajstić information content (AvgIpc) is 3.07. The van der Waals surface area contributed by atoms with Crippen molar-refractivity contribution in [1.29, 1.82) is 0 Å². The van der Waals surface area contributed by atoms with Crippen molar-refractivity contribution in [3.63, 3.8) is 0 Å². The monoisotopic (exact) mass is 213 g/mol. The Labute approximate surface area is 97.8 Å². The molecule has 3 rings (SSSR count). The Morgan fingerprint density at radius 3 is 2.31 bits per heavy atom. The predicted octanol–water partition coefficient (Wildman–Crippen LogP) is 3.54. The zero-order valence-corrected chi connectivity index (χ0v) is 9.68. The van der Waals surface area contributed by atoms with Gasteiger partial charge in [0.15, 0.2) is 0 Å². The number of rotatable bonds is 3. The molecule has 1 aromatic rings. The summed E-state index contributed by atoms with van der Waals surface area (Å²) in [6.45, 7) is 4.01. The number of hydrogen-bond acceptors (Lipinski definition) is 1. The van der Waals surface area contributed by atoms with E-state index in [0.29, 0.717) is 6.04 Å². The van der Waals surface area contributed by atoms with Gasteiger partial charge in [-0.05, 0) is 18.4 Å². The summed E-state index contributed by atoms with van der Waals surface area (Å²) in [7, 11) is 0. The minimum Gasteiger partial charge on any atom is -0.284 e. The van der Waals surface area contributed by atoms with Crippen LogP contribution in [-0.2, 0) is 0 Å². The molecule has 1 nitrogen and oxygen atoms in total. The summed E-state index contributed by atoms with van der Waals surface area (Å²) in [6, 6.07) is 12.9. The van der Waals surface area contributed by atoms with Crippen LogP contribution in [0.1, 0.15) is 37.3 Å². The fourth-order valence-corrected chi connectivity index (χ4v) is 3.24. The Hall–Kier alpha value is -1.08. The molecule has 0 spiro atoms. The lowest BCUT2D eigenvalue weighted by atomic mass is 10.0. The lowest BCUT2D eigenvalue weighted by molar-refractivity contribution is 0.417. The van der Waals surface area contributed by atoms with E-state index >= 15 is 0 Å². The highest BCUT2D eigenvalue weighted by Crippen LogP contribution is 2.46. The molecule has 2 fully saturated rings. The van der Waals surface area contributed by atoms with E-state index in [4.69, 9.17) is 0 Å². The molecular formula is C15H19N. The van der Waals surface area contributed by atoms with Gasteiger partial charge < -0.3 is 0 Å². The van der Waals surface area contributed by atoms with E-state index in [1.54, 1.807) is 0 Å². The van der Waals surface area contributed by atoms with E-state index in [2.05, 4.69) is 47.9 Å². The van der Waals surface area contributed by atoms with E-state index in [1.807, 2.05) is 0 Å². The predicted molar refractivity (Wildman–Crippen MR) is 67.3 cm³/mol. The standard InChI is InChI=1S/C15H19N/c1-2-13(12-8-4-3-5-9-12)16-14-10-6-7-11-15(14)16/h2-5,8-9,13-15H,1,6-7,10-11H2. The van der Waals surface area contributed by atoms with Crippen molar-refractivity contribution in [3.8, 4) is 0 Å². The largest absolute Gasteiger partial charge is 0.284 e. The van der Waals surface area contributed by atoms with Crippen LogP contribution in [0, 0.1) is 0 Å². The van der Waals surface area contributed by atoms with Crippen molar-refractivity contribution >= 4 is 0 Å². The first kappa shape index (κ1) is 10.1. The second-order valence-corrected chi connectivity index (χ2v) is 4.96. The summed E-state index contributed by atoms with van der Waals surface area (Å²) >= 11 is 0. The van der Waals surface area contributed by atoms with Crippen molar-refractivity contribution in [2.45, 2.75) is 43.8 Å². The van der Waals surface area contributed by atoms with Gasteiger partial charge in [0.1, 0.15) is 0 Å². The van der Waals surface area contributed by atoms with Crippen LogP contribution in [0.15, 0.2) is 43.0 Å². The number of benzene rings is 1. The van der Waals surface area contributed by atoms with Crippen LogP contribution in [0.4, 0.5) is 0 Å². The van der Waals surface area contributed by atoms with Crippen LogP contribution in [0.25, 0.3) is 0 Å². The quantitative estimate of drug-likeness (QED) is 0.548. The van der Waals surface area contributed by atoms with Gasteiger partial charge in [-0.15, -0.1) is 6.58 Å². The normalized spacial score (nSPS) is 33.9. The fraction of sp³-hybridized carbons (Fsp3) is 0.467. The summed E-state index contributed by atoms with van der Waals surface area (Å²) in [6.07, 6.45) is 7.71. The third-order valence-corrected chi connectivity index (χ3v) is 4.06. The highest BCUT2D eigenvalue weighted by Gasteiger charge is 2.51. The first-order valence-corrected chi connectivity index (χ1v) is 6.37. The maximum absolute atomic E-state index is 4.01. The molecular weight excluding hydrogens is 194 g/mol. The van der Waals surface area contributed by atoms with Crippen molar-refractivity contribution in [3.05, 3.63) is 48.6 Å². The van der Waals surface area contributed by atoms with Gasteiger partial charge in [-0.3, -0.25) is 4.90 Å². The summed E-state index contributed by atoms with van der Waals surface area (Å²) in [5.74, 6) is 0. The van der Waals surface area contributed by atoms with Crippen LogP contribution in [0.2, 0.25) is 0 Å². The molecule has 0 amide bonds. The molecule has 84 valence electrons. The molecule has 0 radical (unpaired) electrons. The van der Waals surface area contributed by atoms with Gasteiger partial charge in [0.25, 0.3) is 0 Å². The Balaban J connectivity index is 1.80. The van der Waals surface area contributed by atoms with E-state index < -0.39 is 0 Å². The Morgan fingerprint density at radius 1 is 1.12 bits per heavy atom. The van der Waals surface area contributed by atoms with Crippen molar-refractivity contribution < 1.29 is 0 Å². The molecule has 0 bridgehead atoms. The van der Waals surface area contributed by atoms with Crippen molar-refractivity contribution in [2.75, 3.05) is 0 Å². The third-order valence-electron chi connectivity index (χ3n) is 4.06. The van der Waals surface area contributed by atoms with E-state index in [1.165, 1.54) is 31.2 Å². The number of nitrogens with zero attached hydrogens (tertiary/aromatic N) is 1. The Bertz CT molecular complexity index is 358. The Kier molecular flexibility index (Phi) is 2.56. The summed E-state index contributed by atoms with van der Waals surface area (Å²) in [5, 5.41) is 0. The van der Waals surface area contributed by atoms with Gasteiger partial charge in [-0.1, -0.05) is 49.2 Å². The smallest absolute Gasteiger partial charge is 0.0535 e. The minimum atomic E-state index is 0.439. The van der Waals surface area contributed by atoms with Crippen LogP contribution >= 0.6 is 0 Å². The highest BCUT2D eigenvalue weighted by atomic mass is 15.4. The third kappa shape index (κ3) is 1.60. The van der Waals surface area contributed by atoms with Gasteiger partial charge >= 0.3 is 0 Å². The van der Waals surface area contributed by atoms with Crippen molar-refractivity contribution in [2.24, 2.45) is 0 Å². The molecule has 1 aliphatic carbocycles. The molecule has 1 saturated heterocycles. The van der Waals surface area contributed by atoms with Crippen LogP contribution in [0.3, 0.4) is 0 Å². The molecule has 1 aromatic carbocycles. The molecule has 3 unspecified atom stereocenters. The number of likely N-dealkylation sites (tertiary alicyclic amines) is 1. The molecule has 16 heavy (non-hydrogen) atoms. The maximum Gasteiger partial charge on any atom is 0.0535 e. The first-order valence-electron chi connectivity index (χ1n) is 6.37. The van der Waals surface area contributed by atoms with Gasteiger partial charge in [0, 0.05) is 12.1 Å². The summed E-state index contributed by atoms with van der Waals surface area (Å²) in [4.78, 5) is 2.65. The molecule has 0 aromatic heterocycles. The zero-order chi connectivity index (χ0) is 11.0. The minimum absolute atomic E-state index is 0.439. The lowest BCUT2D eigenvalue weighted by Crippen LogP contribution is -2.10. The average molecular weight is 213 g/mol. The molecule has 2 aliphatic rings. The number of hydrogen-bond donors (Lipinski definition) is 0. The number of fused-ring (bicyclic) bond motifs is 1. The molecule has 1 saturated carbocycles. The van der Waals surface area contributed by atoms with Gasteiger partial charge in [-0.25, -0.2) is 0 Å². The molecule has 0 N–H and O–H groups in total. The molecule has 3 atom stereocenters. The van der Waals surface area contributed by atoms with E-state index in [0.717, 1.165) is 12.1 Å². The summed E-state index contributed by atoms with van der Waals surface area (Å²) in [5.41, 5.74) is 1.40. The zero-order valence-electron chi connectivity index (χ0n) is 9.68. The highest BCUT2D eigenvalue weighted by molar-refractivity contribution is 5.26. The van der Waals surface area contributed by atoms with Gasteiger partial charge in [0.05, 0.1) is 6.04 Å². The SMILES string of the molecule is C=CC(c1ccccc1)N1C2CCCCC21. The van der Waals surface area contributed by atoms with E-state index in [9.17, 15) is 0 Å². The molecule has 1 heterocycles. The Morgan fingerprint density at radius 2 is 1.75 bits per heavy atom.